The Morgan fingerprint density at radius 2 is 1.64 bits per heavy atom. The Bertz CT molecular complexity index is 1210. The molecule has 0 radical (unpaired) electrons. The van der Waals surface area contributed by atoms with Gasteiger partial charge in [-0.2, -0.15) is 0 Å². The Morgan fingerprint density at radius 1 is 1.03 bits per heavy atom. The minimum atomic E-state index is -1.09. The minimum absolute atomic E-state index is 0.105. The third-order valence-electron chi connectivity index (χ3n) is 5.51. The zero-order chi connectivity index (χ0) is 26.9. The second-order valence-corrected chi connectivity index (χ2v) is 9.92. The maximum absolute atomic E-state index is 12.3. The van der Waals surface area contributed by atoms with Gasteiger partial charge in [0, 0.05) is 27.7 Å². The number of aromatic hydroxyl groups is 1. The standard InChI is InChI=1S/C23H25Br2NO10/c1-9-21(33-12(4)29)22(34-13(5)30)17(8-32-11(3)28)36-23(9)35-16-7-26(10(2)27)15-6-14(24)20(31)19(25)18(15)16/h6-7,9,17,21-23,31H,8H2,1-5H3/t9-,17-,21-,22-,23-/m1/s1. The molecule has 13 heteroatoms. The van der Waals surface area contributed by atoms with E-state index in [0.29, 0.717) is 15.4 Å². The van der Waals surface area contributed by atoms with Crippen molar-refractivity contribution in [3.8, 4) is 11.5 Å². The van der Waals surface area contributed by atoms with Gasteiger partial charge in [-0.15, -0.1) is 0 Å². The molecule has 1 fully saturated rings. The Hall–Kier alpha value is -2.64. The maximum atomic E-state index is 12.3. The Balaban J connectivity index is 2.06. The van der Waals surface area contributed by atoms with Crippen molar-refractivity contribution in [1.82, 2.24) is 4.57 Å². The first-order chi connectivity index (χ1) is 16.8. The number of hydrogen-bond donors (Lipinski definition) is 1. The summed E-state index contributed by atoms with van der Waals surface area (Å²) in [6.45, 7) is 6.35. The fraction of sp³-hybridized carbons (Fsp3) is 0.478. The van der Waals surface area contributed by atoms with Gasteiger partial charge in [-0.05, 0) is 37.9 Å². The topological polar surface area (TPSA) is 140 Å². The molecule has 1 aromatic carbocycles. The van der Waals surface area contributed by atoms with E-state index in [1.165, 1.54) is 38.5 Å². The fourth-order valence-corrected chi connectivity index (χ4v) is 5.25. The van der Waals surface area contributed by atoms with E-state index in [1.807, 2.05) is 0 Å². The van der Waals surface area contributed by atoms with Crippen LogP contribution >= 0.6 is 31.9 Å². The number of hydrogen-bond acceptors (Lipinski definition) is 10. The first-order valence-corrected chi connectivity index (χ1v) is 12.4. The van der Waals surface area contributed by atoms with Gasteiger partial charge in [0.2, 0.25) is 12.2 Å². The van der Waals surface area contributed by atoms with E-state index in [0.717, 1.165) is 0 Å². The number of ether oxygens (including phenoxy) is 5. The van der Waals surface area contributed by atoms with Crippen molar-refractivity contribution in [2.75, 3.05) is 6.61 Å². The van der Waals surface area contributed by atoms with Gasteiger partial charge < -0.3 is 28.8 Å². The fourth-order valence-electron chi connectivity index (χ4n) is 3.96. The SMILES string of the molecule is CC(=O)OC[C@H]1O[C@@H](Oc2cn(C(C)=O)c3cc(Br)c(O)c(Br)c23)[C@H](C)[C@@H](OC(C)=O)[C@@H]1OC(C)=O. The largest absolute Gasteiger partial charge is 0.506 e. The number of carbonyl (C=O) groups is 4. The minimum Gasteiger partial charge on any atom is -0.506 e. The molecule has 0 amide bonds. The van der Waals surface area contributed by atoms with Crippen LogP contribution in [-0.4, -0.2) is 64.7 Å². The molecule has 0 unspecified atom stereocenters. The number of esters is 3. The van der Waals surface area contributed by atoms with Crippen molar-refractivity contribution in [3.05, 3.63) is 21.2 Å². The van der Waals surface area contributed by atoms with Crippen LogP contribution in [0.5, 0.6) is 11.5 Å². The highest BCUT2D eigenvalue weighted by Gasteiger charge is 2.49. The van der Waals surface area contributed by atoms with Gasteiger partial charge in [0.25, 0.3) is 0 Å². The first-order valence-electron chi connectivity index (χ1n) is 10.8. The number of nitrogens with zero attached hydrogens (tertiary/aromatic N) is 1. The highest BCUT2D eigenvalue weighted by molar-refractivity contribution is 9.11. The van der Waals surface area contributed by atoms with Gasteiger partial charge >= 0.3 is 17.9 Å². The van der Waals surface area contributed by atoms with Crippen LogP contribution in [0, 0.1) is 5.92 Å². The molecule has 1 N–H and O–H groups in total. The number of aromatic nitrogens is 1. The molecule has 0 bridgehead atoms. The van der Waals surface area contributed by atoms with E-state index in [9.17, 15) is 24.3 Å². The molecule has 5 atom stereocenters. The van der Waals surface area contributed by atoms with Crippen LogP contribution in [-0.2, 0) is 33.3 Å². The summed E-state index contributed by atoms with van der Waals surface area (Å²) in [6.07, 6.45) is -2.76. The number of carbonyl (C=O) groups excluding carboxylic acids is 4. The lowest BCUT2D eigenvalue weighted by Crippen LogP contribution is -2.59. The van der Waals surface area contributed by atoms with Crippen LogP contribution in [0.1, 0.15) is 39.4 Å². The van der Waals surface area contributed by atoms with E-state index < -0.39 is 48.4 Å². The number of phenols is 1. The summed E-state index contributed by atoms with van der Waals surface area (Å²) in [5, 5.41) is 10.8. The number of benzene rings is 1. The molecule has 196 valence electrons. The third kappa shape index (κ3) is 5.84. The summed E-state index contributed by atoms with van der Waals surface area (Å²) >= 11 is 6.61. The molecule has 2 aromatic rings. The lowest BCUT2D eigenvalue weighted by Gasteiger charge is -2.43. The van der Waals surface area contributed by atoms with E-state index in [1.54, 1.807) is 13.0 Å². The summed E-state index contributed by atoms with van der Waals surface area (Å²) < 4.78 is 30.1. The normalized spacial score (nSPS) is 23.7. The van der Waals surface area contributed by atoms with E-state index in [2.05, 4.69) is 31.9 Å². The van der Waals surface area contributed by atoms with Gasteiger partial charge in [0.15, 0.2) is 6.10 Å². The zero-order valence-electron chi connectivity index (χ0n) is 20.1. The van der Waals surface area contributed by atoms with Crippen LogP contribution in [0.25, 0.3) is 10.9 Å². The molecule has 1 saturated heterocycles. The van der Waals surface area contributed by atoms with Gasteiger partial charge in [-0.25, -0.2) is 0 Å². The Morgan fingerprint density at radius 3 is 2.19 bits per heavy atom. The van der Waals surface area contributed by atoms with Crippen LogP contribution < -0.4 is 4.74 Å². The second kappa shape index (κ2) is 11.2. The van der Waals surface area contributed by atoms with Crippen LogP contribution in [0.15, 0.2) is 21.2 Å². The van der Waals surface area contributed by atoms with Crippen molar-refractivity contribution >= 4 is 66.6 Å². The first kappa shape index (κ1) is 27.9. The Kier molecular flexibility index (Phi) is 8.67. The molecular formula is C23H25Br2NO10. The highest BCUT2D eigenvalue weighted by Crippen LogP contribution is 2.45. The Labute approximate surface area is 223 Å². The van der Waals surface area contributed by atoms with Gasteiger partial charge in [-0.3, -0.25) is 23.7 Å². The van der Waals surface area contributed by atoms with Gasteiger partial charge in [-0.1, -0.05) is 6.92 Å². The van der Waals surface area contributed by atoms with Gasteiger partial charge in [0.1, 0.15) is 30.3 Å². The van der Waals surface area contributed by atoms with Crippen molar-refractivity contribution in [2.24, 2.45) is 5.92 Å². The predicted molar refractivity (Wildman–Crippen MR) is 131 cm³/mol. The average molecular weight is 635 g/mol. The number of rotatable bonds is 6. The third-order valence-corrected chi connectivity index (χ3v) is 6.89. The molecule has 1 aromatic heterocycles. The molecule has 0 aliphatic carbocycles. The quantitative estimate of drug-likeness (QED) is 0.369. The van der Waals surface area contributed by atoms with Crippen molar-refractivity contribution in [3.63, 3.8) is 0 Å². The summed E-state index contributed by atoms with van der Waals surface area (Å²) in [5.74, 6) is -2.76. The highest BCUT2D eigenvalue weighted by atomic mass is 79.9. The molecule has 3 rings (SSSR count). The van der Waals surface area contributed by atoms with Crippen LogP contribution in [0.2, 0.25) is 0 Å². The monoisotopic (exact) mass is 633 g/mol. The molecule has 1 aliphatic rings. The van der Waals surface area contributed by atoms with Crippen molar-refractivity contribution < 1.29 is 48.0 Å². The van der Waals surface area contributed by atoms with E-state index in [-0.39, 0.29) is 28.5 Å². The molecule has 11 nitrogen and oxygen atoms in total. The maximum Gasteiger partial charge on any atom is 0.303 e. The number of phenolic OH excluding ortho intramolecular Hbond substituents is 1. The second-order valence-electron chi connectivity index (χ2n) is 8.27. The molecule has 2 heterocycles. The van der Waals surface area contributed by atoms with Crippen LogP contribution in [0.3, 0.4) is 0 Å². The summed E-state index contributed by atoms with van der Waals surface area (Å²) in [5.41, 5.74) is 0.448. The number of halogens is 2. The lowest BCUT2D eigenvalue weighted by atomic mass is 9.92. The molecule has 36 heavy (non-hydrogen) atoms. The molecule has 0 spiro atoms. The van der Waals surface area contributed by atoms with Gasteiger partial charge in [0.05, 0.1) is 32.0 Å². The smallest absolute Gasteiger partial charge is 0.303 e. The predicted octanol–water partition coefficient (Wildman–Crippen LogP) is 3.70. The molecule has 1 aliphatic heterocycles. The van der Waals surface area contributed by atoms with Crippen molar-refractivity contribution in [2.45, 2.75) is 59.2 Å². The lowest BCUT2D eigenvalue weighted by molar-refractivity contribution is -0.267. The summed E-state index contributed by atoms with van der Waals surface area (Å²) in [6, 6.07) is 1.57. The summed E-state index contributed by atoms with van der Waals surface area (Å²) in [7, 11) is 0. The van der Waals surface area contributed by atoms with E-state index in [4.69, 9.17) is 23.7 Å². The molecular weight excluding hydrogens is 610 g/mol. The van der Waals surface area contributed by atoms with Crippen molar-refractivity contribution in [1.29, 1.82) is 0 Å². The summed E-state index contributed by atoms with van der Waals surface area (Å²) in [4.78, 5) is 47.4. The van der Waals surface area contributed by atoms with Crippen LogP contribution in [0.4, 0.5) is 0 Å². The number of fused-ring (bicyclic) bond motifs is 1. The van der Waals surface area contributed by atoms with E-state index >= 15 is 0 Å². The molecule has 0 saturated carbocycles. The zero-order valence-corrected chi connectivity index (χ0v) is 23.2. The average Bonchev–Trinajstić information content (AvgIpc) is 3.13.